The molecule has 0 radical (unpaired) electrons. The Labute approximate surface area is 172 Å². The summed E-state index contributed by atoms with van der Waals surface area (Å²) >= 11 is 4.75. The first kappa shape index (κ1) is 19.6. The summed E-state index contributed by atoms with van der Waals surface area (Å²) in [6, 6.07) is 16.6. The Morgan fingerprint density at radius 1 is 0.893 bits per heavy atom. The minimum absolute atomic E-state index is 0.286. The Morgan fingerprint density at radius 2 is 1.64 bits per heavy atom. The van der Waals surface area contributed by atoms with Crippen molar-refractivity contribution in [2.24, 2.45) is 0 Å². The molecule has 1 saturated heterocycles. The van der Waals surface area contributed by atoms with Gasteiger partial charge in [0, 0.05) is 5.56 Å². The highest BCUT2D eigenvalue weighted by Crippen LogP contribution is 2.32. The summed E-state index contributed by atoms with van der Waals surface area (Å²) in [5, 5.41) is 0.286. The second kappa shape index (κ2) is 9.65. The van der Waals surface area contributed by atoms with E-state index in [0.717, 1.165) is 24.6 Å². The normalized spacial score (nSPS) is 22.2. The predicted molar refractivity (Wildman–Crippen MR) is 111 cm³/mol. The van der Waals surface area contributed by atoms with Crippen LogP contribution in [-0.2, 0) is 17.9 Å². The molecule has 0 spiro atoms. The minimum atomic E-state index is 0.286. The van der Waals surface area contributed by atoms with Gasteiger partial charge in [-0.15, -0.1) is 0 Å². The van der Waals surface area contributed by atoms with Gasteiger partial charge < -0.3 is 24.0 Å². The van der Waals surface area contributed by atoms with Crippen LogP contribution in [-0.4, -0.2) is 51.4 Å². The Bertz CT molecular complexity index is 751. The lowest BCUT2D eigenvalue weighted by atomic mass is 10.1. The first-order chi connectivity index (χ1) is 13.8. The molecule has 4 rings (SSSR count). The third-order valence-electron chi connectivity index (χ3n) is 5.50. The molecule has 0 unspecified atom stereocenters. The van der Waals surface area contributed by atoms with Crippen molar-refractivity contribution >= 4 is 12.6 Å². The third-order valence-corrected chi connectivity index (χ3v) is 5.83. The maximum absolute atomic E-state index is 5.84. The van der Waals surface area contributed by atoms with Crippen LogP contribution in [0.15, 0.2) is 48.5 Å². The Balaban J connectivity index is 1.15. The number of quaternary nitrogens is 2. The van der Waals surface area contributed by atoms with Crippen molar-refractivity contribution in [2.45, 2.75) is 18.4 Å². The summed E-state index contributed by atoms with van der Waals surface area (Å²) in [5.41, 5.74) is 2.54. The molecule has 28 heavy (non-hydrogen) atoms. The third kappa shape index (κ3) is 5.41. The van der Waals surface area contributed by atoms with Crippen LogP contribution < -0.4 is 19.3 Å². The van der Waals surface area contributed by atoms with Crippen molar-refractivity contribution < 1.29 is 24.0 Å². The van der Waals surface area contributed by atoms with Crippen LogP contribution in [0.5, 0.6) is 11.5 Å². The molecule has 0 amide bonds. The predicted octanol–water partition coefficient (Wildman–Crippen LogP) is 0.214. The van der Waals surface area contributed by atoms with Gasteiger partial charge in [0.05, 0.1) is 25.0 Å². The second-order valence-electron chi connectivity index (χ2n) is 7.72. The van der Waals surface area contributed by atoms with Crippen LogP contribution in [0.25, 0.3) is 0 Å². The molecular weight excluding hydrogens is 372 g/mol. The van der Waals surface area contributed by atoms with E-state index in [1.165, 1.54) is 37.3 Å². The quantitative estimate of drug-likeness (QED) is 0.553. The molecular formula is C22H30N2O3S+2. The van der Waals surface area contributed by atoms with Crippen LogP contribution in [0.3, 0.4) is 0 Å². The lowest BCUT2D eigenvalue weighted by Crippen LogP contribution is -3.28. The fourth-order valence-corrected chi connectivity index (χ4v) is 4.32. The topological polar surface area (TPSA) is 36.6 Å². The molecule has 2 aromatic carbocycles. The molecule has 2 heterocycles. The summed E-state index contributed by atoms with van der Waals surface area (Å²) < 4.78 is 16.7. The summed E-state index contributed by atoms with van der Waals surface area (Å²) in [6.45, 7) is 8.59. The van der Waals surface area contributed by atoms with E-state index < -0.39 is 0 Å². The van der Waals surface area contributed by atoms with E-state index in [-0.39, 0.29) is 5.25 Å². The smallest absolute Gasteiger partial charge is 0.231 e. The van der Waals surface area contributed by atoms with Crippen molar-refractivity contribution in [3.05, 3.63) is 59.7 Å². The molecule has 6 heteroatoms. The molecule has 2 N–H and O–H groups in total. The number of piperazine rings is 1. The van der Waals surface area contributed by atoms with E-state index in [1.807, 2.05) is 24.3 Å². The average Bonchev–Trinajstić information content (AvgIpc) is 3.18. The molecule has 2 aliphatic heterocycles. The standard InChI is InChI=1S/C22H28N2O3S/c28-20(16-25-15-18-4-2-1-3-5-18)14-24-10-8-23(9-11-24)13-19-6-7-21-22(12-19)27-17-26-21/h1-7,12,20,28H,8-11,13-17H2/p+2/t20-/m0/s1. The van der Waals surface area contributed by atoms with Crippen LogP contribution in [0, 0.1) is 0 Å². The number of ether oxygens (including phenoxy) is 3. The van der Waals surface area contributed by atoms with Crippen LogP contribution in [0.1, 0.15) is 11.1 Å². The first-order valence-corrected chi connectivity index (χ1v) is 10.6. The van der Waals surface area contributed by atoms with Gasteiger partial charge in [0.1, 0.15) is 32.7 Å². The van der Waals surface area contributed by atoms with E-state index >= 15 is 0 Å². The van der Waals surface area contributed by atoms with Gasteiger partial charge in [-0.1, -0.05) is 30.3 Å². The largest absolute Gasteiger partial charge is 0.454 e. The summed E-state index contributed by atoms with van der Waals surface area (Å²) in [6.07, 6.45) is 0. The summed E-state index contributed by atoms with van der Waals surface area (Å²) in [4.78, 5) is 3.27. The first-order valence-electron chi connectivity index (χ1n) is 10.1. The summed E-state index contributed by atoms with van der Waals surface area (Å²) in [7, 11) is 0. The van der Waals surface area contributed by atoms with Crippen LogP contribution in [0.2, 0.25) is 0 Å². The molecule has 2 aromatic rings. The van der Waals surface area contributed by atoms with Crippen molar-refractivity contribution in [3.63, 3.8) is 0 Å². The SMILES string of the molecule is S[C@H](COCc1ccccc1)C[NH+]1CC[NH+](Cc2ccc3c(c2)OCO3)CC1. The van der Waals surface area contributed by atoms with Gasteiger partial charge in [0.2, 0.25) is 6.79 Å². The molecule has 5 nitrogen and oxygen atoms in total. The lowest BCUT2D eigenvalue weighted by Gasteiger charge is -2.31. The van der Waals surface area contributed by atoms with Gasteiger partial charge >= 0.3 is 0 Å². The van der Waals surface area contributed by atoms with Gasteiger partial charge in [-0.25, -0.2) is 0 Å². The number of hydrogen-bond donors (Lipinski definition) is 3. The molecule has 150 valence electrons. The van der Waals surface area contributed by atoms with Crippen LogP contribution in [0.4, 0.5) is 0 Å². The zero-order valence-electron chi connectivity index (χ0n) is 16.2. The Morgan fingerprint density at radius 3 is 2.46 bits per heavy atom. The van der Waals surface area contributed by atoms with Crippen LogP contribution >= 0.6 is 12.6 Å². The van der Waals surface area contributed by atoms with Crippen molar-refractivity contribution in [3.8, 4) is 11.5 Å². The highest BCUT2D eigenvalue weighted by Gasteiger charge is 2.25. The van der Waals surface area contributed by atoms with E-state index in [4.69, 9.17) is 26.8 Å². The number of fused-ring (bicyclic) bond motifs is 1. The zero-order chi connectivity index (χ0) is 19.2. The molecule has 0 aliphatic carbocycles. The Hall–Kier alpha value is -1.73. The minimum Gasteiger partial charge on any atom is -0.454 e. The Kier molecular flexibility index (Phi) is 6.75. The fraction of sp³-hybridized carbons (Fsp3) is 0.455. The molecule has 1 fully saturated rings. The van der Waals surface area contributed by atoms with Crippen molar-refractivity contribution in [1.82, 2.24) is 0 Å². The molecule has 0 aromatic heterocycles. The monoisotopic (exact) mass is 402 g/mol. The van der Waals surface area contributed by atoms with Crippen molar-refractivity contribution in [1.29, 1.82) is 0 Å². The molecule has 0 bridgehead atoms. The lowest BCUT2D eigenvalue weighted by molar-refractivity contribution is -1.02. The summed E-state index contributed by atoms with van der Waals surface area (Å²) in [5.74, 6) is 1.75. The van der Waals surface area contributed by atoms with Gasteiger partial charge in [-0.3, -0.25) is 0 Å². The molecule has 2 aliphatic rings. The fourth-order valence-electron chi connectivity index (χ4n) is 3.96. The number of thiol groups is 1. The van der Waals surface area contributed by atoms with Gasteiger partial charge in [-0.05, 0) is 23.8 Å². The maximum atomic E-state index is 5.84. The second-order valence-corrected chi connectivity index (χ2v) is 8.45. The number of nitrogens with one attached hydrogen (secondary N) is 2. The van der Waals surface area contributed by atoms with Gasteiger partial charge in [0.25, 0.3) is 0 Å². The molecule has 0 saturated carbocycles. The maximum Gasteiger partial charge on any atom is 0.231 e. The highest BCUT2D eigenvalue weighted by atomic mass is 32.1. The van der Waals surface area contributed by atoms with Gasteiger partial charge in [-0.2, -0.15) is 12.6 Å². The van der Waals surface area contributed by atoms with Gasteiger partial charge in [0.15, 0.2) is 11.5 Å². The molecule has 1 atom stereocenters. The van der Waals surface area contributed by atoms with E-state index in [2.05, 4.69) is 24.3 Å². The average molecular weight is 403 g/mol. The van der Waals surface area contributed by atoms with E-state index in [1.54, 1.807) is 9.80 Å². The number of benzene rings is 2. The van der Waals surface area contributed by atoms with E-state index in [9.17, 15) is 0 Å². The number of rotatable bonds is 8. The zero-order valence-corrected chi connectivity index (χ0v) is 17.1. The van der Waals surface area contributed by atoms with Crippen molar-refractivity contribution in [2.75, 3.05) is 46.1 Å². The van der Waals surface area contributed by atoms with E-state index in [0.29, 0.717) is 20.0 Å². The highest BCUT2D eigenvalue weighted by molar-refractivity contribution is 7.81. The number of hydrogen-bond acceptors (Lipinski definition) is 4.